The Labute approximate surface area is 232 Å². The third-order valence-corrected chi connectivity index (χ3v) is 8.72. The molecular weight excluding hydrogens is 494 g/mol. The summed E-state index contributed by atoms with van der Waals surface area (Å²) in [5.41, 5.74) is 0.770. The average Bonchev–Trinajstić information content (AvgIpc) is 3.47. The van der Waals surface area contributed by atoms with Gasteiger partial charge in [-0.2, -0.15) is 0 Å². The maximum absolute atomic E-state index is 14.6. The SMILES string of the molecule is C=CCN(CCC)C(=O)[C@@H]1[C@H]2C(=O)N(CCCO)C(C(=O)N(CC=C)c3cc(C)ccc3C)C23CC[C@@]1(C)O3. The molecule has 3 amide bonds. The number of aryl methyl sites for hydroxylation is 2. The van der Waals surface area contributed by atoms with E-state index < -0.39 is 29.1 Å². The van der Waals surface area contributed by atoms with E-state index in [0.29, 0.717) is 32.4 Å². The van der Waals surface area contributed by atoms with Gasteiger partial charge in [-0.3, -0.25) is 14.4 Å². The van der Waals surface area contributed by atoms with Gasteiger partial charge in [-0.15, -0.1) is 13.2 Å². The van der Waals surface area contributed by atoms with Crippen molar-refractivity contribution in [3.8, 4) is 0 Å². The summed E-state index contributed by atoms with van der Waals surface area (Å²) in [7, 11) is 0. The lowest BCUT2D eigenvalue weighted by molar-refractivity contribution is -0.149. The first kappa shape index (κ1) is 29.0. The molecule has 3 fully saturated rings. The van der Waals surface area contributed by atoms with E-state index >= 15 is 0 Å². The number of rotatable bonds is 12. The Morgan fingerprint density at radius 2 is 1.90 bits per heavy atom. The Hall–Kier alpha value is -2.97. The Kier molecular flexibility index (Phi) is 8.38. The van der Waals surface area contributed by atoms with Gasteiger partial charge in [0.15, 0.2) is 0 Å². The minimum Gasteiger partial charge on any atom is -0.396 e. The Bertz CT molecular complexity index is 1150. The number of aliphatic hydroxyl groups is 1. The van der Waals surface area contributed by atoms with Crippen LogP contribution in [0.15, 0.2) is 43.5 Å². The lowest BCUT2D eigenvalue weighted by Crippen LogP contribution is -2.57. The summed E-state index contributed by atoms with van der Waals surface area (Å²) < 4.78 is 6.77. The molecule has 212 valence electrons. The van der Waals surface area contributed by atoms with Crippen LogP contribution in [0.3, 0.4) is 0 Å². The smallest absolute Gasteiger partial charge is 0.253 e. The number of amides is 3. The number of nitrogens with zero attached hydrogens (tertiary/aromatic N) is 3. The zero-order valence-corrected chi connectivity index (χ0v) is 23.8. The Balaban J connectivity index is 1.81. The van der Waals surface area contributed by atoms with Gasteiger partial charge >= 0.3 is 0 Å². The van der Waals surface area contributed by atoms with E-state index in [9.17, 15) is 19.5 Å². The zero-order valence-electron chi connectivity index (χ0n) is 23.8. The predicted octanol–water partition coefficient (Wildman–Crippen LogP) is 3.39. The highest BCUT2D eigenvalue weighted by Gasteiger charge is 2.78. The standard InChI is InChI=1S/C31H43N3O5/c1-7-15-32(16-8-2)27(36)24-25-28(37)34(18-10-19-35)26(31(25)14-13-30(24,6)39-31)29(38)33(17-9-3)23-20-21(4)11-12-22(23)5/h7,9,11-12,20,24-26,35H,1,3,8,10,13-19H2,2,4-6H3/t24-,25-,26?,30+,31?/m0/s1. The minimum absolute atomic E-state index is 0.111. The van der Waals surface area contributed by atoms with Crippen LogP contribution in [0, 0.1) is 25.7 Å². The van der Waals surface area contributed by atoms with Crippen LogP contribution in [0.25, 0.3) is 0 Å². The fourth-order valence-corrected chi connectivity index (χ4v) is 7.07. The molecule has 2 bridgehead atoms. The van der Waals surface area contributed by atoms with Gasteiger partial charge in [-0.25, -0.2) is 0 Å². The Morgan fingerprint density at radius 3 is 2.54 bits per heavy atom. The fraction of sp³-hybridized carbons (Fsp3) is 0.581. The van der Waals surface area contributed by atoms with E-state index in [4.69, 9.17) is 4.74 Å². The van der Waals surface area contributed by atoms with Crippen LogP contribution in [0.4, 0.5) is 5.69 Å². The van der Waals surface area contributed by atoms with Crippen molar-refractivity contribution >= 4 is 23.4 Å². The molecule has 3 heterocycles. The highest BCUT2D eigenvalue weighted by molar-refractivity contribution is 6.05. The first-order valence-electron chi connectivity index (χ1n) is 14.1. The average molecular weight is 538 g/mol. The number of carbonyl (C=O) groups excluding carboxylic acids is 3. The van der Waals surface area contributed by atoms with E-state index in [1.807, 2.05) is 45.9 Å². The fourth-order valence-electron chi connectivity index (χ4n) is 7.07. The van der Waals surface area contributed by atoms with Gasteiger partial charge in [0, 0.05) is 38.5 Å². The lowest BCUT2D eigenvalue weighted by atomic mass is 9.66. The molecule has 0 aliphatic carbocycles. The molecule has 0 aromatic heterocycles. The van der Waals surface area contributed by atoms with Crippen molar-refractivity contribution in [1.29, 1.82) is 0 Å². The molecule has 8 heteroatoms. The highest BCUT2D eigenvalue weighted by Crippen LogP contribution is 2.63. The Morgan fingerprint density at radius 1 is 1.18 bits per heavy atom. The van der Waals surface area contributed by atoms with E-state index in [1.54, 1.807) is 26.9 Å². The number of aliphatic hydroxyl groups excluding tert-OH is 1. The molecule has 2 unspecified atom stereocenters. The zero-order chi connectivity index (χ0) is 28.5. The largest absolute Gasteiger partial charge is 0.396 e. The molecule has 0 saturated carbocycles. The second-order valence-corrected chi connectivity index (χ2v) is 11.4. The molecule has 5 atom stereocenters. The topological polar surface area (TPSA) is 90.4 Å². The van der Waals surface area contributed by atoms with Crippen LogP contribution in [-0.4, -0.2) is 82.7 Å². The van der Waals surface area contributed by atoms with Crippen LogP contribution in [0.2, 0.25) is 0 Å². The molecule has 39 heavy (non-hydrogen) atoms. The normalized spacial score (nSPS) is 28.9. The molecule has 4 rings (SSSR count). The second kappa shape index (κ2) is 11.3. The number of carbonyl (C=O) groups is 3. The van der Waals surface area contributed by atoms with Crippen molar-refractivity contribution in [2.75, 3.05) is 37.7 Å². The number of hydrogen-bond donors (Lipinski definition) is 1. The number of ether oxygens (including phenoxy) is 1. The van der Waals surface area contributed by atoms with Gasteiger partial charge in [0.05, 0.1) is 17.4 Å². The van der Waals surface area contributed by atoms with Crippen molar-refractivity contribution in [2.24, 2.45) is 11.8 Å². The molecule has 3 aliphatic heterocycles. The molecular formula is C31H43N3O5. The maximum Gasteiger partial charge on any atom is 0.253 e. The molecule has 1 aromatic rings. The van der Waals surface area contributed by atoms with Crippen molar-refractivity contribution in [2.45, 2.75) is 70.6 Å². The monoisotopic (exact) mass is 537 g/mol. The van der Waals surface area contributed by atoms with Crippen molar-refractivity contribution in [3.05, 3.63) is 54.6 Å². The molecule has 8 nitrogen and oxygen atoms in total. The van der Waals surface area contributed by atoms with Crippen LogP contribution in [-0.2, 0) is 19.1 Å². The second-order valence-electron chi connectivity index (χ2n) is 11.4. The summed E-state index contributed by atoms with van der Waals surface area (Å²) in [5.74, 6) is -2.05. The summed E-state index contributed by atoms with van der Waals surface area (Å²) in [6, 6.07) is 5.05. The van der Waals surface area contributed by atoms with E-state index in [0.717, 1.165) is 23.2 Å². The number of likely N-dealkylation sites (tertiary alicyclic amines) is 1. The van der Waals surface area contributed by atoms with E-state index in [-0.39, 0.29) is 37.4 Å². The third kappa shape index (κ3) is 4.72. The van der Waals surface area contributed by atoms with Crippen molar-refractivity contribution < 1.29 is 24.2 Å². The molecule has 1 N–H and O–H groups in total. The van der Waals surface area contributed by atoms with Gasteiger partial charge in [0.2, 0.25) is 11.8 Å². The summed E-state index contributed by atoms with van der Waals surface area (Å²) >= 11 is 0. The minimum atomic E-state index is -1.11. The summed E-state index contributed by atoms with van der Waals surface area (Å²) in [4.78, 5) is 47.8. The summed E-state index contributed by atoms with van der Waals surface area (Å²) in [5, 5.41) is 9.63. The molecule has 0 radical (unpaired) electrons. The van der Waals surface area contributed by atoms with Crippen LogP contribution in [0.5, 0.6) is 0 Å². The van der Waals surface area contributed by atoms with E-state index in [2.05, 4.69) is 13.2 Å². The van der Waals surface area contributed by atoms with Crippen LogP contribution >= 0.6 is 0 Å². The van der Waals surface area contributed by atoms with Gasteiger partial charge in [0.25, 0.3) is 5.91 Å². The number of fused-ring (bicyclic) bond motifs is 1. The number of hydrogen-bond acceptors (Lipinski definition) is 5. The lowest BCUT2D eigenvalue weighted by Gasteiger charge is -2.37. The molecule has 1 aromatic carbocycles. The van der Waals surface area contributed by atoms with Crippen LogP contribution < -0.4 is 4.90 Å². The first-order chi connectivity index (χ1) is 18.6. The maximum atomic E-state index is 14.6. The quantitative estimate of drug-likeness (QED) is 0.413. The van der Waals surface area contributed by atoms with E-state index in [1.165, 1.54) is 0 Å². The molecule has 3 aliphatic rings. The third-order valence-electron chi connectivity index (χ3n) is 8.72. The van der Waals surface area contributed by atoms with Crippen LogP contribution in [0.1, 0.15) is 50.7 Å². The summed E-state index contributed by atoms with van der Waals surface area (Å²) in [6.45, 7) is 16.9. The van der Waals surface area contributed by atoms with Gasteiger partial charge in [-0.1, -0.05) is 31.2 Å². The number of benzene rings is 1. The van der Waals surface area contributed by atoms with Crippen molar-refractivity contribution in [1.82, 2.24) is 9.80 Å². The van der Waals surface area contributed by atoms with Gasteiger partial charge < -0.3 is 24.5 Å². The summed E-state index contributed by atoms with van der Waals surface area (Å²) in [6.07, 6.45) is 5.60. The van der Waals surface area contributed by atoms with Crippen molar-refractivity contribution in [3.63, 3.8) is 0 Å². The predicted molar refractivity (Wildman–Crippen MR) is 151 cm³/mol. The van der Waals surface area contributed by atoms with Gasteiger partial charge in [-0.05, 0) is 63.6 Å². The highest BCUT2D eigenvalue weighted by atomic mass is 16.5. The molecule has 1 spiro atoms. The van der Waals surface area contributed by atoms with Gasteiger partial charge in [0.1, 0.15) is 11.6 Å². The molecule has 3 saturated heterocycles. The number of anilines is 1. The first-order valence-corrected chi connectivity index (χ1v) is 14.1.